The molecule has 17 heavy (non-hydrogen) atoms. The largest absolute Gasteiger partial charge is 0.479 e. The number of alkyl halides is 1. The van der Waals surface area contributed by atoms with Crippen molar-refractivity contribution in [3.05, 3.63) is 16.9 Å². The third-order valence-corrected chi connectivity index (χ3v) is 3.24. The van der Waals surface area contributed by atoms with E-state index in [1.807, 2.05) is 0 Å². The van der Waals surface area contributed by atoms with Crippen molar-refractivity contribution in [2.24, 2.45) is 0 Å². The van der Waals surface area contributed by atoms with Gasteiger partial charge in [-0.1, -0.05) is 0 Å². The Bertz CT molecular complexity index is 418. The number of hydrogen-bond acceptors (Lipinski definition) is 4. The van der Waals surface area contributed by atoms with Crippen molar-refractivity contribution in [3.63, 3.8) is 0 Å². The van der Waals surface area contributed by atoms with Gasteiger partial charge in [0.2, 0.25) is 11.6 Å². The summed E-state index contributed by atoms with van der Waals surface area (Å²) in [5, 5.41) is 8.76. The zero-order valence-electron chi connectivity index (χ0n) is 8.94. The smallest absolute Gasteiger partial charge is 0.341 e. The number of aliphatic carboxylic acids is 1. The Morgan fingerprint density at radius 2 is 1.94 bits per heavy atom. The second kappa shape index (κ2) is 4.56. The van der Waals surface area contributed by atoms with Gasteiger partial charge in [-0.25, -0.2) is 19.2 Å². The van der Waals surface area contributed by atoms with Gasteiger partial charge in [-0.05, 0) is 15.9 Å². The molecule has 1 aromatic heterocycles. The predicted molar refractivity (Wildman–Crippen MR) is 62.7 cm³/mol. The Morgan fingerprint density at radius 1 is 1.41 bits per heavy atom. The maximum Gasteiger partial charge on any atom is 0.341 e. The molecule has 0 aliphatic carbocycles. The number of anilines is 1. The van der Waals surface area contributed by atoms with Crippen molar-refractivity contribution in [2.75, 3.05) is 18.0 Å². The van der Waals surface area contributed by atoms with Crippen LogP contribution in [0.3, 0.4) is 0 Å². The van der Waals surface area contributed by atoms with Crippen molar-refractivity contribution < 1.29 is 14.3 Å². The maximum atomic E-state index is 13.8. The number of halogens is 2. The fraction of sp³-hybridized carbons (Fsp3) is 0.500. The van der Waals surface area contributed by atoms with Gasteiger partial charge in [-0.3, -0.25) is 0 Å². The second-order valence-electron chi connectivity index (χ2n) is 3.96. The Kier molecular flexibility index (Phi) is 3.28. The van der Waals surface area contributed by atoms with E-state index < -0.39 is 11.6 Å². The van der Waals surface area contributed by atoms with Crippen LogP contribution in [0.4, 0.5) is 10.3 Å². The molecule has 2 heterocycles. The average molecular weight is 304 g/mol. The zero-order valence-corrected chi connectivity index (χ0v) is 10.5. The number of aromatic nitrogens is 2. The van der Waals surface area contributed by atoms with Gasteiger partial charge in [0.1, 0.15) is 0 Å². The normalized spacial score (nSPS) is 19.1. The van der Waals surface area contributed by atoms with Gasteiger partial charge in [0.05, 0.1) is 4.47 Å². The summed E-state index contributed by atoms with van der Waals surface area (Å²) >= 11 is 3.23. The zero-order chi connectivity index (χ0) is 12.5. The molecule has 0 spiro atoms. The summed E-state index contributed by atoms with van der Waals surface area (Å²) in [4.78, 5) is 20.7. The highest BCUT2D eigenvalue weighted by Gasteiger charge is 2.42. The number of carboxylic acids is 1. The lowest BCUT2D eigenvalue weighted by molar-refractivity contribution is -0.152. The first-order valence-electron chi connectivity index (χ1n) is 5.16. The van der Waals surface area contributed by atoms with E-state index in [0.717, 1.165) is 4.47 Å². The summed E-state index contributed by atoms with van der Waals surface area (Å²) in [6.07, 6.45) is 3.14. The van der Waals surface area contributed by atoms with Crippen molar-refractivity contribution in [3.8, 4) is 0 Å². The first kappa shape index (κ1) is 12.2. The number of nitrogens with zero attached hydrogens (tertiary/aromatic N) is 3. The number of piperidine rings is 1. The topological polar surface area (TPSA) is 66.3 Å². The van der Waals surface area contributed by atoms with Crippen LogP contribution in [0.15, 0.2) is 16.9 Å². The van der Waals surface area contributed by atoms with Crippen LogP contribution in [0.2, 0.25) is 0 Å². The molecule has 0 radical (unpaired) electrons. The summed E-state index contributed by atoms with van der Waals surface area (Å²) in [5.74, 6) is -0.880. The molecule has 0 unspecified atom stereocenters. The van der Waals surface area contributed by atoms with Gasteiger partial charge in [-0.2, -0.15) is 0 Å². The summed E-state index contributed by atoms with van der Waals surface area (Å²) in [6.45, 7) is 0.620. The summed E-state index contributed by atoms with van der Waals surface area (Å²) in [7, 11) is 0. The van der Waals surface area contributed by atoms with Crippen LogP contribution in [0.5, 0.6) is 0 Å². The molecule has 0 atom stereocenters. The Morgan fingerprint density at radius 3 is 2.41 bits per heavy atom. The van der Waals surface area contributed by atoms with Crippen LogP contribution < -0.4 is 4.90 Å². The Balaban J connectivity index is 2.04. The van der Waals surface area contributed by atoms with Crippen LogP contribution >= 0.6 is 15.9 Å². The van der Waals surface area contributed by atoms with Crippen molar-refractivity contribution in [1.82, 2.24) is 9.97 Å². The first-order valence-corrected chi connectivity index (χ1v) is 5.95. The van der Waals surface area contributed by atoms with Gasteiger partial charge in [0, 0.05) is 38.3 Å². The molecule has 0 bridgehead atoms. The van der Waals surface area contributed by atoms with E-state index in [1.54, 1.807) is 17.3 Å². The molecule has 2 rings (SSSR count). The van der Waals surface area contributed by atoms with E-state index in [9.17, 15) is 9.18 Å². The Hall–Kier alpha value is -1.24. The van der Waals surface area contributed by atoms with Crippen molar-refractivity contribution in [1.29, 1.82) is 0 Å². The van der Waals surface area contributed by atoms with Gasteiger partial charge >= 0.3 is 5.97 Å². The molecule has 5 nitrogen and oxygen atoms in total. The summed E-state index contributed by atoms with van der Waals surface area (Å²) in [6, 6.07) is 0. The molecule has 92 valence electrons. The van der Waals surface area contributed by atoms with Gasteiger partial charge < -0.3 is 10.0 Å². The Labute approximate surface area is 106 Å². The standard InChI is InChI=1S/C10H11BrFN3O2/c11-7-5-13-9(14-6-7)15-3-1-10(12,2-4-15)8(16)17/h5-6H,1-4H2,(H,16,17). The molecule has 1 N–H and O–H groups in total. The first-order chi connectivity index (χ1) is 8.01. The molecule has 1 fully saturated rings. The highest BCUT2D eigenvalue weighted by Crippen LogP contribution is 2.28. The molecule has 1 saturated heterocycles. The van der Waals surface area contributed by atoms with Gasteiger partial charge in [-0.15, -0.1) is 0 Å². The van der Waals surface area contributed by atoms with Crippen LogP contribution in [-0.2, 0) is 4.79 Å². The summed E-state index contributed by atoms with van der Waals surface area (Å²) in [5.41, 5.74) is -2.11. The maximum absolute atomic E-state index is 13.8. The predicted octanol–water partition coefficient (Wildman–Crippen LogP) is 1.63. The number of hydrogen-bond donors (Lipinski definition) is 1. The highest BCUT2D eigenvalue weighted by molar-refractivity contribution is 9.10. The number of carboxylic acid groups (broad SMARTS) is 1. The lowest BCUT2D eigenvalue weighted by atomic mass is 9.94. The summed E-state index contributed by atoms with van der Waals surface area (Å²) < 4.78 is 14.5. The van der Waals surface area contributed by atoms with Gasteiger partial charge in [0.25, 0.3) is 0 Å². The van der Waals surface area contributed by atoms with E-state index in [4.69, 9.17) is 5.11 Å². The molecule has 0 aromatic carbocycles. The quantitative estimate of drug-likeness (QED) is 0.899. The van der Waals surface area contributed by atoms with E-state index in [2.05, 4.69) is 25.9 Å². The van der Waals surface area contributed by atoms with Crippen LogP contribution in [0.25, 0.3) is 0 Å². The number of carbonyl (C=O) groups is 1. The number of rotatable bonds is 2. The van der Waals surface area contributed by atoms with Crippen LogP contribution in [0, 0.1) is 0 Å². The minimum absolute atomic E-state index is 0.0399. The third-order valence-electron chi connectivity index (χ3n) is 2.83. The average Bonchev–Trinajstić information content (AvgIpc) is 2.31. The van der Waals surface area contributed by atoms with Crippen LogP contribution in [0.1, 0.15) is 12.8 Å². The monoisotopic (exact) mass is 303 g/mol. The minimum Gasteiger partial charge on any atom is -0.479 e. The fourth-order valence-electron chi connectivity index (χ4n) is 1.74. The molecule has 1 aromatic rings. The third kappa shape index (κ3) is 2.54. The molecular formula is C10H11BrFN3O2. The van der Waals surface area contributed by atoms with E-state index in [-0.39, 0.29) is 12.8 Å². The van der Waals surface area contributed by atoms with E-state index in [0.29, 0.717) is 19.0 Å². The molecule has 1 aliphatic heterocycles. The van der Waals surface area contributed by atoms with Crippen molar-refractivity contribution in [2.45, 2.75) is 18.5 Å². The van der Waals surface area contributed by atoms with Crippen LogP contribution in [-0.4, -0.2) is 39.8 Å². The molecule has 1 aliphatic rings. The fourth-order valence-corrected chi connectivity index (χ4v) is 1.95. The molecule has 0 amide bonds. The molecular weight excluding hydrogens is 293 g/mol. The van der Waals surface area contributed by atoms with E-state index >= 15 is 0 Å². The lowest BCUT2D eigenvalue weighted by Crippen LogP contribution is -2.47. The van der Waals surface area contributed by atoms with Crippen molar-refractivity contribution >= 4 is 27.8 Å². The molecule has 0 saturated carbocycles. The minimum atomic E-state index is -2.11. The SMILES string of the molecule is O=C(O)C1(F)CCN(c2ncc(Br)cn2)CC1. The highest BCUT2D eigenvalue weighted by atomic mass is 79.9. The second-order valence-corrected chi connectivity index (χ2v) is 4.87. The molecule has 7 heteroatoms. The van der Waals surface area contributed by atoms with E-state index in [1.165, 1.54) is 0 Å². The lowest BCUT2D eigenvalue weighted by Gasteiger charge is -2.33. The van der Waals surface area contributed by atoms with Gasteiger partial charge in [0.15, 0.2) is 0 Å².